The number of amides is 1. The maximum Gasteiger partial charge on any atom is 0.286 e. The molecule has 1 amide bonds. The van der Waals surface area contributed by atoms with E-state index in [1.54, 1.807) is 31.4 Å². The highest BCUT2D eigenvalue weighted by atomic mass is 35.5. The zero-order valence-electron chi connectivity index (χ0n) is 14.5. The fourth-order valence-corrected chi connectivity index (χ4v) is 3.22. The minimum atomic E-state index is -0.372. The van der Waals surface area contributed by atoms with Gasteiger partial charge in [0, 0.05) is 10.6 Å². The van der Waals surface area contributed by atoms with Crippen molar-refractivity contribution in [2.24, 2.45) is 10.7 Å². The number of ether oxygens (including phenoxy) is 3. The summed E-state index contributed by atoms with van der Waals surface area (Å²) < 4.78 is 16.7. The Hall–Kier alpha value is -2.64. The molecule has 0 atom stereocenters. The summed E-state index contributed by atoms with van der Waals surface area (Å²) in [5.74, 6) is 1.50. The van der Waals surface area contributed by atoms with Crippen molar-refractivity contribution in [3.05, 3.63) is 58.0 Å². The zero-order valence-corrected chi connectivity index (χ0v) is 16.0. The van der Waals surface area contributed by atoms with Crippen molar-refractivity contribution >= 4 is 40.5 Å². The van der Waals surface area contributed by atoms with E-state index >= 15 is 0 Å². The fraction of sp³-hybridized carbons (Fsp3) is 0.158. The number of hydrogen-bond acceptors (Lipinski definition) is 6. The Labute approximate surface area is 166 Å². The van der Waals surface area contributed by atoms with Crippen molar-refractivity contribution in [3.8, 4) is 17.2 Å². The molecule has 0 spiro atoms. The second-order valence-corrected chi connectivity index (χ2v) is 6.89. The minimum Gasteiger partial charge on any atom is -0.493 e. The van der Waals surface area contributed by atoms with Crippen LogP contribution >= 0.6 is 23.4 Å². The number of hydrogen-bond donors (Lipinski definition) is 1. The number of halogens is 1. The van der Waals surface area contributed by atoms with E-state index in [4.69, 9.17) is 31.5 Å². The Morgan fingerprint density at radius 2 is 1.81 bits per heavy atom. The van der Waals surface area contributed by atoms with Crippen molar-refractivity contribution in [1.29, 1.82) is 0 Å². The van der Waals surface area contributed by atoms with E-state index in [9.17, 15) is 4.79 Å². The SMILES string of the molecule is COc1ccccc1OCCOc1ccc(Cl)cc1/C=C1/SC(N)=NC1=O. The zero-order chi connectivity index (χ0) is 19.2. The second kappa shape index (κ2) is 8.83. The number of aliphatic imine (C=N–C) groups is 1. The molecule has 0 saturated carbocycles. The highest BCUT2D eigenvalue weighted by Crippen LogP contribution is 2.31. The molecular weight excluding hydrogens is 388 g/mol. The van der Waals surface area contributed by atoms with Crippen LogP contribution in [0, 0.1) is 0 Å². The van der Waals surface area contributed by atoms with E-state index in [1.165, 1.54) is 0 Å². The molecule has 2 aromatic carbocycles. The van der Waals surface area contributed by atoms with Gasteiger partial charge in [0.1, 0.15) is 19.0 Å². The average molecular weight is 405 g/mol. The predicted octanol–water partition coefficient (Wildman–Crippen LogP) is 3.74. The number of methoxy groups -OCH3 is 1. The van der Waals surface area contributed by atoms with E-state index in [0.29, 0.717) is 46.0 Å². The van der Waals surface area contributed by atoms with Crippen LogP contribution in [0.5, 0.6) is 17.2 Å². The molecule has 0 fully saturated rings. The molecule has 0 radical (unpaired) electrons. The van der Waals surface area contributed by atoms with Crippen molar-refractivity contribution in [2.75, 3.05) is 20.3 Å². The van der Waals surface area contributed by atoms with Gasteiger partial charge in [0.15, 0.2) is 16.7 Å². The molecular formula is C19H17ClN2O4S. The highest BCUT2D eigenvalue weighted by Gasteiger charge is 2.20. The van der Waals surface area contributed by atoms with Crippen LogP contribution in [0.1, 0.15) is 5.56 Å². The first-order valence-electron chi connectivity index (χ1n) is 8.03. The number of amidine groups is 1. The second-order valence-electron chi connectivity index (χ2n) is 5.40. The van der Waals surface area contributed by atoms with Gasteiger partial charge in [0.2, 0.25) is 0 Å². The number of nitrogens with zero attached hydrogens (tertiary/aromatic N) is 1. The summed E-state index contributed by atoms with van der Waals surface area (Å²) in [7, 11) is 1.59. The summed E-state index contributed by atoms with van der Waals surface area (Å²) in [4.78, 5) is 15.9. The molecule has 0 aliphatic carbocycles. The molecule has 0 bridgehead atoms. The van der Waals surface area contributed by atoms with Crippen LogP contribution in [0.4, 0.5) is 0 Å². The van der Waals surface area contributed by atoms with Gasteiger partial charge < -0.3 is 19.9 Å². The molecule has 0 unspecified atom stereocenters. The van der Waals surface area contributed by atoms with Crippen molar-refractivity contribution in [3.63, 3.8) is 0 Å². The molecule has 2 aromatic rings. The quantitative estimate of drug-likeness (QED) is 0.559. The van der Waals surface area contributed by atoms with Gasteiger partial charge in [-0.3, -0.25) is 4.79 Å². The molecule has 1 aliphatic heterocycles. The van der Waals surface area contributed by atoms with E-state index < -0.39 is 0 Å². The van der Waals surface area contributed by atoms with E-state index in [-0.39, 0.29) is 11.1 Å². The largest absolute Gasteiger partial charge is 0.493 e. The smallest absolute Gasteiger partial charge is 0.286 e. The third-order valence-electron chi connectivity index (χ3n) is 3.56. The number of carbonyl (C=O) groups excluding carboxylic acids is 1. The van der Waals surface area contributed by atoms with Gasteiger partial charge in [0.05, 0.1) is 12.0 Å². The molecule has 1 heterocycles. The lowest BCUT2D eigenvalue weighted by Gasteiger charge is -2.12. The van der Waals surface area contributed by atoms with Gasteiger partial charge in [0.25, 0.3) is 5.91 Å². The van der Waals surface area contributed by atoms with Gasteiger partial charge in [-0.05, 0) is 48.2 Å². The molecule has 0 aromatic heterocycles. The summed E-state index contributed by atoms with van der Waals surface area (Å²) >= 11 is 7.19. The summed E-state index contributed by atoms with van der Waals surface area (Å²) in [6, 6.07) is 12.6. The van der Waals surface area contributed by atoms with Crippen LogP contribution < -0.4 is 19.9 Å². The number of para-hydroxylation sites is 2. The average Bonchev–Trinajstić information content (AvgIpc) is 2.97. The van der Waals surface area contributed by atoms with E-state index in [0.717, 1.165) is 11.8 Å². The molecule has 140 valence electrons. The lowest BCUT2D eigenvalue weighted by Crippen LogP contribution is -2.10. The molecule has 6 nitrogen and oxygen atoms in total. The van der Waals surface area contributed by atoms with Crippen LogP contribution in [0.15, 0.2) is 52.4 Å². The maximum atomic E-state index is 11.8. The predicted molar refractivity (Wildman–Crippen MR) is 108 cm³/mol. The van der Waals surface area contributed by atoms with Crippen LogP contribution in [-0.4, -0.2) is 31.4 Å². The standard InChI is InChI=1S/C19H17ClN2O4S/c1-24-15-4-2-3-5-16(15)26-9-8-25-14-7-6-13(20)10-12(14)11-17-18(23)22-19(21)27-17/h2-7,10-11H,8-9H2,1H3,(H2,21,22,23)/b17-11+. The first kappa shape index (κ1) is 19.1. The van der Waals surface area contributed by atoms with E-state index in [1.807, 2.05) is 24.3 Å². The molecule has 8 heteroatoms. The first-order chi connectivity index (χ1) is 13.1. The summed E-state index contributed by atoms with van der Waals surface area (Å²) in [6.07, 6.45) is 1.67. The number of carbonyl (C=O) groups is 1. The van der Waals surface area contributed by atoms with Gasteiger partial charge in [-0.25, -0.2) is 0 Å². The van der Waals surface area contributed by atoms with Gasteiger partial charge in [-0.1, -0.05) is 23.7 Å². The Bertz CT molecular complexity index is 914. The van der Waals surface area contributed by atoms with Crippen LogP contribution in [-0.2, 0) is 4.79 Å². The fourth-order valence-electron chi connectivity index (χ4n) is 2.37. The normalized spacial score (nSPS) is 15.0. The van der Waals surface area contributed by atoms with E-state index in [2.05, 4.69) is 4.99 Å². The lowest BCUT2D eigenvalue weighted by molar-refractivity contribution is -0.113. The highest BCUT2D eigenvalue weighted by molar-refractivity contribution is 8.18. The topological polar surface area (TPSA) is 83.1 Å². The molecule has 3 rings (SSSR count). The third kappa shape index (κ3) is 4.96. The van der Waals surface area contributed by atoms with Crippen LogP contribution in [0.2, 0.25) is 5.02 Å². The Morgan fingerprint density at radius 3 is 2.48 bits per heavy atom. The van der Waals surface area contributed by atoms with Crippen molar-refractivity contribution < 1.29 is 19.0 Å². The molecule has 2 N–H and O–H groups in total. The Kier molecular flexibility index (Phi) is 6.26. The molecule has 27 heavy (non-hydrogen) atoms. The number of nitrogens with two attached hydrogens (primary N) is 1. The summed E-state index contributed by atoms with van der Waals surface area (Å²) in [6.45, 7) is 0.623. The van der Waals surface area contributed by atoms with Crippen LogP contribution in [0.3, 0.4) is 0 Å². The number of thioether (sulfide) groups is 1. The monoisotopic (exact) mass is 404 g/mol. The van der Waals surface area contributed by atoms with Crippen LogP contribution in [0.25, 0.3) is 6.08 Å². The third-order valence-corrected chi connectivity index (χ3v) is 4.61. The maximum absolute atomic E-state index is 11.8. The molecule has 0 saturated heterocycles. The van der Waals surface area contributed by atoms with Gasteiger partial charge in [-0.15, -0.1) is 0 Å². The van der Waals surface area contributed by atoms with Gasteiger partial charge in [-0.2, -0.15) is 4.99 Å². The number of rotatable bonds is 7. The van der Waals surface area contributed by atoms with Crippen molar-refractivity contribution in [1.82, 2.24) is 0 Å². The summed E-state index contributed by atoms with van der Waals surface area (Å²) in [5.41, 5.74) is 6.25. The lowest BCUT2D eigenvalue weighted by atomic mass is 10.2. The minimum absolute atomic E-state index is 0.223. The number of benzene rings is 2. The first-order valence-corrected chi connectivity index (χ1v) is 9.22. The Balaban J connectivity index is 1.65. The van der Waals surface area contributed by atoms with Gasteiger partial charge >= 0.3 is 0 Å². The molecule has 1 aliphatic rings. The summed E-state index contributed by atoms with van der Waals surface area (Å²) in [5, 5.41) is 0.754. The Morgan fingerprint density at radius 1 is 1.11 bits per heavy atom. The van der Waals surface area contributed by atoms with Crippen molar-refractivity contribution in [2.45, 2.75) is 0 Å².